The summed E-state index contributed by atoms with van der Waals surface area (Å²) in [6.45, 7) is 0. The molecule has 3 rings (SSSR count). The second kappa shape index (κ2) is 7.63. The summed E-state index contributed by atoms with van der Waals surface area (Å²) >= 11 is 0. The number of nitrogens with zero attached hydrogens (tertiary/aromatic N) is 1. The van der Waals surface area contributed by atoms with Crippen LogP contribution in [-0.2, 0) is 0 Å². The van der Waals surface area contributed by atoms with Crippen LogP contribution in [-0.4, -0.2) is 28.8 Å². The molecule has 0 heterocycles. The van der Waals surface area contributed by atoms with Gasteiger partial charge >= 0.3 is 0 Å². The van der Waals surface area contributed by atoms with E-state index in [0.29, 0.717) is 0 Å². The monoisotopic (exact) mass is 345 g/mol. The van der Waals surface area contributed by atoms with Gasteiger partial charge in [-0.1, -0.05) is 25.7 Å². The van der Waals surface area contributed by atoms with Crippen molar-refractivity contribution in [1.82, 2.24) is 10.6 Å². The predicted octanol–water partition coefficient (Wildman–Crippen LogP) is 2.94. The lowest BCUT2D eigenvalue weighted by atomic mass is 10.0. The molecule has 0 saturated heterocycles. The van der Waals surface area contributed by atoms with Crippen molar-refractivity contribution in [3.8, 4) is 0 Å². The first-order chi connectivity index (χ1) is 12.0. The van der Waals surface area contributed by atoms with Crippen molar-refractivity contribution in [2.24, 2.45) is 0 Å². The average Bonchev–Trinajstić information content (AvgIpc) is 3.28. The topological polar surface area (TPSA) is 101 Å². The minimum atomic E-state index is -0.551. The van der Waals surface area contributed by atoms with Gasteiger partial charge in [-0.15, -0.1) is 0 Å². The molecule has 0 spiro atoms. The van der Waals surface area contributed by atoms with Crippen molar-refractivity contribution in [2.45, 2.75) is 63.5 Å². The molecule has 2 amide bonds. The van der Waals surface area contributed by atoms with Gasteiger partial charge in [0.1, 0.15) is 0 Å². The number of benzene rings is 1. The molecular formula is C18H23N3O4. The lowest BCUT2D eigenvalue weighted by Crippen LogP contribution is -2.37. The van der Waals surface area contributed by atoms with E-state index in [4.69, 9.17) is 0 Å². The Bertz CT molecular complexity index is 677. The molecule has 0 unspecified atom stereocenters. The average molecular weight is 345 g/mol. The first-order valence-electron chi connectivity index (χ1n) is 8.95. The molecule has 2 aliphatic rings. The maximum Gasteiger partial charge on any atom is 0.270 e. The van der Waals surface area contributed by atoms with Crippen LogP contribution in [0.1, 0.15) is 72.1 Å². The number of carbonyl (C=O) groups is 2. The zero-order valence-electron chi connectivity index (χ0n) is 14.1. The van der Waals surface area contributed by atoms with Crippen molar-refractivity contribution in [3.63, 3.8) is 0 Å². The fraction of sp³-hybridized carbons (Fsp3) is 0.556. The number of hydrogen-bond acceptors (Lipinski definition) is 4. The highest BCUT2D eigenvalue weighted by molar-refractivity contribution is 6.07. The summed E-state index contributed by atoms with van der Waals surface area (Å²) in [7, 11) is 0. The first kappa shape index (κ1) is 17.4. The molecule has 2 saturated carbocycles. The van der Waals surface area contributed by atoms with Crippen LogP contribution in [0.15, 0.2) is 18.2 Å². The van der Waals surface area contributed by atoms with Crippen molar-refractivity contribution < 1.29 is 14.5 Å². The molecule has 0 aliphatic heterocycles. The Labute approximate surface area is 146 Å². The number of amides is 2. The lowest BCUT2D eigenvalue weighted by molar-refractivity contribution is -0.384. The van der Waals surface area contributed by atoms with E-state index in [-0.39, 0.29) is 34.8 Å². The minimum absolute atomic E-state index is 0.0802. The van der Waals surface area contributed by atoms with Crippen molar-refractivity contribution in [3.05, 3.63) is 39.4 Å². The Hall–Kier alpha value is -2.44. The summed E-state index contributed by atoms with van der Waals surface area (Å²) in [6.07, 6.45) is 7.98. The summed E-state index contributed by atoms with van der Waals surface area (Å²) in [5, 5.41) is 16.9. The van der Waals surface area contributed by atoms with Crippen LogP contribution in [0.5, 0.6) is 0 Å². The Morgan fingerprint density at radius 3 is 1.84 bits per heavy atom. The molecule has 0 bridgehead atoms. The third-order valence-corrected chi connectivity index (χ3v) is 5.08. The maximum absolute atomic E-state index is 12.6. The summed E-state index contributed by atoms with van der Waals surface area (Å²) in [5.41, 5.74) is 0.0959. The Morgan fingerprint density at radius 1 is 0.880 bits per heavy atom. The zero-order chi connectivity index (χ0) is 17.8. The van der Waals surface area contributed by atoms with E-state index in [1.165, 1.54) is 18.2 Å². The normalized spacial score (nSPS) is 18.2. The molecule has 134 valence electrons. The quantitative estimate of drug-likeness (QED) is 0.633. The van der Waals surface area contributed by atoms with Crippen LogP contribution < -0.4 is 10.6 Å². The summed E-state index contributed by atoms with van der Waals surface area (Å²) in [4.78, 5) is 35.7. The second-order valence-electron chi connectivity index (χ2n) is 6.90. The Kier molecular flexibility index (Phi) is 5.31. The highest BCUT2D eigenvalue weighted by Gasteiger charge is 2.26. The fourth-order valence-electron chi connectivity index (χ4n) is 3.70. The van der Waals surface area contributed by atoms with Gasteiger partial charge in [0.25, 0.3) is 17.5 Å². The van der Waals surface area contributed by atoms with Crippen LogP contribution in [0, 0.1) is 10.1 Å². The van der Waals surface area contributed by atoms with Gasteiger partial charge in [0.05, 0.1) is 16.1 Å². The predicted molar refractivity (Wildman–Crippen MR) is 92.5 cm³/mol. The molecule has 2 fully saturated rings. The van der Waals surface area contributed by atoms with Gasteiger partial charge in [-0.25, -0.2) is 0 Å². The van der Waals surface area contributed by atoms with Crippen LogP contribution in [0.3, 0.4) is 0 Å². The van der Waals surface area contributed by atoms with Gasteiger partial charge in [0.15, 0.2) is 0 Å². The number of non-ortho nitro benzene ring substituents is 1. The molecule has 25 heavy (non-hydrogen) atoms. The van der Waals surface area contributed by atoms with Gasteiger partial charge < -0.3 is 10.6 Å². The first-order valence-corrected chi connectivity index (χ1v) is 8.95. The smallest absolute Gasteiger partial charge is 0.270 e. The molecular weight excluding hydrogens is 322 g/mol. The van der Waals surface area contributed by atoms with E-state index < -0.39 is 10.8 Å². The summed E-state index contributed by atoms with van der Waals surface area (Å²) in [6, 6.07) is 4.06. The molecule has 0 atom stereocenters. The molecule has 2 aliphatic carbocycles. The number of rotatable bonds is 5. The van der Waals surface area contributed by atoms with Crippen molar-refractivity contribution >= 4 is 17.5 Å². The van der Waals surface area contributed by atoms with Gasteiger partial charge in [0, 0.05) is 24.2 Å². The van der Waals surface area contributed by atoms with E-state index in [1.54, 1.807) is 0 Å². The summed E-state index contributed by atoms with van der Waals surface area (Å²) < 4.78 is 0. The molecule has 2 N–H and O–H groups in total. The molecule has 7 heteroatoms. The molecule has 1 aromatic carbocycles. The number of nitro benzene ring substituents is 1. The molecule has 1 aromatic rings. The third kappa shape index (κ3) is 4.15. The highest BCUT2D eigenvalue weighted by atomic mass is 16.6. The highest BCUT2D eigenvalue weighted by Crippen LogP contribution is 2.23. The van der Waals surface area contributed by atoms with Crippen LogP contribution >= 0.6 is 0 Å². The van der Waals surface area contributed by atoms with Gasteiger partial charge in [-0.05, 0) is 31.7 Å². The molecule has 0 radical (unpaired) electrons. The number of nitrogens with one attached hydrogen (secondary N) is 2. The van der Waals surface area contributed by atoms with Crippen molar-refractivity contribution in [2.75, 3.05) is 0 Å². The van der Waals surface area contributed by atoms with Crippen LogP contribution in [0.2, 0.25) is 0 Å². The second-order valence-corrected chi connectivity index (χ2v) is 6.90. The number of carbonyl (C=O) groups excluding carboxylic acids is 2. The van der Waals surface area contributed by atoms with Gasteiger partial charge in [-0.3, -0.25) is 19.7 Å². The molecule has 0 aromatic heterocycles. The van der Waals surface area contributed by atoms with E-state index in [2.05, 4.69) is 10.6 Å². The summed E-state index contributed by atoms with van der Waals surface area (Å²) in [5.74, 6) is -0.745. The third-order valence-electron chi connectivity index (χ3n) is 5.08. The standard InChI is InChI=1S/C18H23N3O4/c22-17(19-12-5-1-2-6-12)15-10-9-14(21(24)25)11-16(15)18(23)20-13-7-3-4-8-13/h9-13H,1-8H2,(H,19,22)(H,20,23). The van der Waals surface area contributed by atoms with E-state index in [1.807, 2.05) is 0 Å². The van der Waals surface area contributed by atoms with Gasteiger partial charge in [-0.2, -0.15) is 0 Å². The van der Waals surface area contributed by atoms with Gasteiger partial charge in [0.2, 0.25) is 0 Å². The minimum Gasteiger partial charge on any atom is -0.349 e. The van der Waals surface area contributed by atoms with Crippen LogP contribution in [0.4, 0.5) is 5.69 Å². The van der Waals surface area contributed by atoms with Crippen LogP contribution in [0.25, 0.3) is 0 Å². The van der Waals surface area contributed by atoms with E-state index in [0.717, 1.165) is 51.4 Å². The molecule has 7 nitrogen and oxygen atoms in total. The Morgan fingerprint density at radius 2 is 1.36 bits per heavy atom. The maximum atomic E-state index is 12.6. The Balaban J connectivity index is 1.83. The zero-order valence-corrected chi connectivity index (χ0v) is 14.1. The van der Waals surface area contributed by atoms with Crippen molar-refractivity contribution in [1.29, 1.82) is 0 Å². The van der Waals surface area contributed by atoms with E-state index in [9.17, 15) is 19.7 Å². The number of nitro groups is 1. The largest absolute Gasteiger partial charge is 0.349 e. The lowest BCUT2D eigenvalue weighted by Gasteiger charge is -2.16. The SMILES string of the molecule is O=C(NC1CCCC1)c1ccc([N+](=O)[O-])cc1C(=O)NC1CCCC1. The van der Waals surface area contributed by atoms with E-state index >= 15 is 0 Å². The fourth-order valence-corrected chi connectivity index (χ4v) is 3.70. The number of hydrogen-bond donors (Lipinski definition) is 2.